The first-order valence-corrected chi connectivity index (χ1v) is 10.2. The third-order valence-electron chi connectivity index (χ3n) is 5.86. The lowest BCUT2D eigenvalue weighted by atomic mass is 9.75. The predicted molar refractivity (Wildman–Crippen MR) is 118 cm³/mol. The number of aliphatic hydroxyl groups is 1. The first-order valence-electron chi connectivity index (χ1n) is 10.2. The van der Waals surface area contributed by atoms with Gasteiger partial charge < -0.3 is 15.2 Å². The van der Waals surface area contributed by atoms with Gasteiger partial charge in [0.1, 0.15) is 11.4 Å². The van der Waals surface area contributed by atoms with Crippen molar-refractivity contribution < 1.29 is 14.6 Å². The molecule has 2 aromatic rings. The fourth-order valence-electron chi connectivity index (χ4n) is 4.13. The Balaban J connectivity index is 2.14. The Labute approximate surface area is 174 Å². The average Bonchev–Trinajstić information content (AvgIpc) is 2.79. The number of rotatable bonds is 3. The fourth-order valence-corrected chi connectivity index (χ4v) is 4.13. The van der Waals surface area contributed by atoms with E-state index in [1.807, 2.05) is 85.7 Å². The average molecular weight is 396 g/mol. The highest BCUT2D eigenvalue weighted by atomic mass is 16.5. The number of carbonyl (C=O) groups excluding carboxylic acids is 1. The van der Waals surface area contributed by atoms with Crippen LogP contribution in [0.3, 0.4) is 0 Å². The van der Waals surface area contributed by atoms with Gasteiger partial charge in [-0.2, -0.15) is 0 Å². The van der Waals surface area contributed by atoms with E-state index >= 15 is 0 Å². The normalized spacial score (nSPS) is 20.2. The van der Waals surface area contributed by atoms with E-state index in [2.05, 4.69) is 5.32 Å². The van der Waals surface area contributed by atoms with Crippen LogP contribution in [0, 0.1) is 26.2 Å². The lowest BCUT2D eigenvalue weighted by Gasteiger charge is -2.36. The Morgan fingerprint density at radius 3 is 2.34 bits per heavy atom. The molecule has 0 radical (unpaired) electrons. The second-order valence-corrected chi connectivity index (χ2v) is 10.0. The number of anilines is 1. The molecule has 1 aliphatic heterocycles. The van der Waals surface area contributed by atoms with E-state index < -0.39 is 11.2 Å². The van der Waals surface area contributed by atoms with E-state index in [9.17, 15) is 9.90 Å². The van der Waals surface area contributed by atoms with Gasteiger partial charge >= 0.3 is 0 Å². The van der Waals surface area contributed by atoms with Crippen molar-refractivity contribution in [3.63, 3.8) is 0 Å². The van der Waals surface area contributed by atoms with Crippen LogP contribution in [0.4, 0.5) is 5.69 Å². The summed E-state index contributed by atoms with van der Waals surface area (Å²) in [5.41, 5.74) is 2.90. The molecule has 2 N–H and O–H groups in total. The van der Waals surface area contributed by atoms with Crippen LogP contribution in [0.25, 0.3) is 0 Å². The third-order valence-corrected chi connectivity index (χ3v) is 5.86. The van der Waals surface area contributed by atoms with Crippen molar-refractivity contribution in [2.75, 3.05) is 5.32 Å². The maximum atomic E-state index is 12.6. The summed E-state index contributed by atoms with van der Waals surface area (Å²) in [7, 11) is 0. The van der Waals surface area contributed by atoms with Crippen LogP contribution in [-0.2, 0) is 10.4 Å². The second kappa shape index (κ2) is 6.88. The molecule has 156 valence electrons. The standard InChI is InChI=1S/C25H33NO3/c1-15-10-9-11-18(12-15)25(28)19-13-20(26-21(27)14-23(4,5)6)16(2)17(3)22(19)29-24(25,7)8/h9-13,28H,14H2,1-8H3,(H,26,27). The Hall–Kier alpha value is -2.33. The monoisotopic (exact) mass is 395 g/mol. The minimum atomic E-state index is -1.32. The number of ether oxygens (including phenoxy) is 1. The number of benzene rings is 2. The number of hydrogen-bond donors (Lipinski definition) is 2. The number of fused-ring (bicyclic) bond motifs is 1. The van der Waals surface area contributed by atoms with Gasteiger partial charge in [-0.15, -0.1) is 0 Å². The highest BCUT2D eigenvalue weighted by Crippen LogP contribution is 2.54. The van der Waals surface area contributed by atoms with Crippen LogP contribution in [0.15, 0.2) is 30.3 Å². The first-order chi connectivity index (χ1) is 13.3. The lowest BCUT2D eigenvalue weighted by Crippen LogP contribution is -2.47. The second-order valence-electron chi connectivity index (χ2n) is 10.0. The fraction of sp³-hybridized carbons (Fsp3) is 0.480. The Bertz CT molecular complexity index is 969. The highest BCUT2D eigenvalue weighted by molar-refractivity contribution is 5.92. The molecule has 0 aliphatic carbocycles. The molecule has 1 amide bonds. The summed E-state index contributed by atoms with van der Waals surface area (Å²) >= 11 is 0. The molecule has 1 unspecified atom stereocenters. The molecule has 1 aliphatic rings. The van der Waals surface area contributed by atoms with Crippen molar-refractivity contribution in [3.8, 4) is 5.75 Å². The Morgan fingerprint density at radius 1 is 1.10 bits per heavy atom. The van der Waals surface area contributed by atoms with Crippen molar-refractivity contribution >= 4 is 11.6 Å². The molecule has 3 rings (SSSR count). The molecule has 4 nitrogen and oxygen atoms in total. The van der Waals surface area contributed by atoms with Crippen LogP contribution in [0.5, 0.6) is 5.75 Å². The van der Waals surface area contributed by atoms with E-state index in [0.717, 1.165) is 27.9 Å². The zero-order valence-corrected chi connectivity index (χ0v) is 18.9. The highest BCUT2D eigenvalue weighted by Gasteiger charge is 2.56. The van der Waals surface area contributed by atoms with Gasteiger partial charge in [-0.25, -0.2) is 0 Å². The summed E-state index contributed by atoms with van der Waals surface area (Å²) in [5, 5.41) is 15.0. The molecule has 1 heterocycles. The van der Waals surface area contributed by atoms with E-state index in [1.165, 1.54) is 0 Å². The number of amides is 1. The summed E-state index contributed by atoms with van der Waals surface area (Å²) in [6, 6.07) is 9.77. The molecule has 0 saturated carbocycles. The van der Waals surface area contributed by atoms with Crippen LogP contribution in [0.2, 0.25) is 0 Å². The van der Waals surface area contributed by atoms with Crippen molar-refractivity contribution in [1.29, 1.82) is 0 Å². The third kappa shape index (κ3) is 3.66. The number of aryl methyl sites for hydroxylation is 1. The van der Waals surface area contributed by atoms with Crippen LogP contribution in [0.1, 0.15) is 68.9 Å². The zero-order chi connectivity index (χ0) is 21.8. The molecule has 29 heavy (non-hydrogen) atoms. The largest absolute Gasteiger partial charge is 0.483 e. The molecule has 1 atom stereocenters. The van der Waals surface area contributed by atoms with E-state index in [4.69, 9.17) is 4.74 Å². The molecule has 0 aromatic heterocycles. The molecule has 0 bridgehead atoms. The molecular weight excluding hydrogens is 362 g/mol. The number of hydrogen-bond acceptors (Lipinski definition) is 3. The quantitative estimate of drug-likeness (QED) is 0.732. The van der Waals surface area contributed by atoms with Gasteiger partial charge in [0.2, 0.25) is 5.91 Å². The predicted octanol–water partition coefficient (Wildman–Crippen LogP) is 5.39. The SMILES string of the molecule is Cc1cccc(C2(O)c3cc(NC(=O)CC(C)(C)C)c(C)c(C)c3OC2(C)C)c1. The smallest absolute Gasteiger partial charge is 0.224 e. The first kappa shape index (κ1) is 21.4. The molecule has 2 aromatic carbocycles. The van der Waals surface area contributed by atoms with Gasteiger partial charge in [-0.1, -0.05) is 50.6 Å². The van der Waals surface area contributed by atoms with Crippen LogP contribution < -0.4 is 10.1 Å². The van der Waals surface area contributed by atoms with Crippen molar-refractivity contribution in [2.45, 2.75) is 73.0 Å². The summed E-state index contributed by atoms with van der Waals surface area (Å²) in [6.07, 6.45) is 0.423. The topological polar surface area (TPSA) is 58.6 Å². The summed E-state index contributed by atoms with van der Waals surface area (Å²) in [5.74, 6) is 0.669. The van der Waals surface area contributed by atoms with E-state index in [1.54, 1.807) is 0 Å². The van der Waals surface area contributed by atoms with Crippen molar-refractivity contribution in [1.82, 2.24) is 0 Å². The maximum Gasteiger partial charge on any atom is 0.224 e. The zero-order valence-electron chi connectivity index (χ0n) is 18.9. The maximum absolute atomic E-state index is 12.6. The molecule has 0 spiro atoms. The number of carbonyl (C=O) groups is 1. The minimum Gasteiger partial charge on any atom is -0.483 e. The summed E-state index contributed by atoms with van der Waals surface area (Å²) in [6.45, 7) is 15.9. The van der Waals surface area contributed by atoms with Crippen molar-refractivity contribution in [2.24, 2.45) is 5.41 Å². The molecular formula is C25H33NO3. The Kier molecular flexibility index (Phi) is 5.07. The van der Waals surface area contributed by atoms with E-state index in [0.29, 0.717) is 17.7 Å². The molecule has 0 fully saturated rings. The van der Waals surface area contributed by atoms with Gasteiger partial charge in [0, 0.05) is 17.7 Å². The van der Waals surface area contributed by atoms with E-state index in [-0.39, 0.29) is 11.3 Å². The number of nitrogens with one attached hydrogen (secondary N) is 1. The summed E-state index contributed by atoms with van der Waals surface area (Å²) < 4.78 is 6.29. The van der Waals surface area contributed by atoms with Gasteiger partial charge in [-0.3, -0.25) is 4.79 Å². The minimum absolute atomic E-state index is 0.0304. The van der Waals surface area contributed by atoms with Gasteiger partial charge in [0.25, 0.3) is 0 Å². The van der Waals surface area contributed by atoms with Crippen LogP contribution in [-0.4, -0.2) is 16.6 Å². The van der Waals surface area contributed by atoms with Gasteiger partial charge in [0.15, 0.2) is 5.60 Å². The summed E-state index contributed by atoms with van der Waals surface area (Å²) in [4.78, 5) is 12.6. The van der Waals surface area contributed by atoms with Crippen LogP contribution >= 0.6 is 0 Å². The van der Waals surface area contributed by atoms with Gasteiger partial charge in [-0.05, 0) is 62.8 Å². The lowest BCUT2D eigenvalue weighted by molar-refractivity contribution is -0.117. The Morgan fingerprint density at radius 2 is 1.76 bits per heavy atom. The molecule has 0 saturated heterocycles. The van der Waals surface area contributed by atoms with Crippen molar-refractivity contribution in [3.05, 3.63) is 58.1 Å². The molecule has 4 heteroatoms. The van der Waals surface area contributed by atoms with Gasteiger partial charge in [0.05, 0.1) is 0 Å².